The molecule has 0 unspecified atom stereocenters. The van der Waals surface area contributed by atoms with E-state index in [2.05, 4.69) is 4.98 Å². The van der Waals surface area contributed by atoms with Crippen molar-refractivity contribution in [2.45, 2.75) is 0 Å². The monoisotopic (exact) mass is 254 g/mol. The summed E-state index contributed by atoms with van der Waals surface area (Å²) in [5.41, 5.74) is 11.5. The maximum absolute atomic E-state index is 11.4. The van der Waals surface area contributed by atoms with E-state index in [1.54, 1.807) is 12.0 Å². The minimum Gasteiger partial charge on any atom is -0.397 e. The first-order chi connectivity index (χ1) is 8.60. The van der Waals surface area contributed by atoms with E-state index >= 15 is 0 Å². The fourth-order valence-electron chi connectivity index (χ4n) is 1.55. The number of carbonyl (C=O) groups is 1. The molecule has 5 N–H and O–H groups in total. The van der Waals surface area contributed by atoms with Crippen LogP contribution in [0.15, 0.2) is 12.3 Å². The number of amides is 1. The summed E-state index contributed by atoms with van der Waals surface area (Å²) in [6, 6.07) is 1.47. The van der Waals surface area contributed by atoms with E-state index < -0.39 is 5.91 Å². The molecule has 100 valence electrons. The van der Waals surface area contributed by atoms with E-state index in [1.165, 1.54) is 12.3 Å². The van der Waals surface area contributed by atoms with Crippen LogP contribution in [0.25, 0.3) is 0 Å². The number of anilines is 2. The second kappa shape index (κ2) is 6.77. The SMILES string of the molecule is COCCN(CCO)c1ncc(N)cc1C(N)=O. The average Bonchev–Trinajstić information content (AvgIpc) is 2.34. The minimum atomic E-state index is -0.606. The molecule has 0 bridgehead atoms. The molecule has 0 aromatic carbocycles. The van der Waals surface area contributed by atoms with Crippen LogP contribution in [-0.2, 0) is 4.74 Å². The fourth-order valence-corrected chi connectivity index (χ4v) is 1.55. The summed E-state index contributed by atoms with van der Waals surface area (Å²) in [4.78, 5) is 17.2. The van der Waals surface area contributed by atoms with Gasteiger partial charge in [0.2, 0.25) is 0 Å². The number of pyridine rings is 1. The average molecular weight is 254 g/mol. The van der Waals surface area contributed by atoms with E-state index in [4.69, 9.17) is 21.3 Å². The highest BCUT2D eigenvalue weighted by Crippen LogP contribution is 2.19. The van der Waals surface area contributed by atoms with Crippen LogP contribution in [0.2, 0.25) is 0 Å². The van der Waals surface area contributed by atoms with Crippen LogP contribution in [0.3, 0.4) is 0 Å². The standard InChI is InChI=1S/C11H18N4O3/c1-18-5-3-15(2-4-16)11-9(10(13)17)6-8(12)7-14-11/h6-7,16H,2-5,12H2,1H3,(H2,13,17). The Labute approximate surface area is 105 Å². The highest BCUT2D eigenvalue weighted by atomic mass is 16.5. The summed E-state index contributed by atoms with van der Waals surface area (Å²) < 4.78 is 4.97. The molecule has 0 aliphatic carbocycles. The van der Waals surface area contributed by atoms with Gasteiger partial charge in [0.1, 0.15) is 5.82 Å². The zero-order valence-electron chi connectivity index (χ0n) is 10.3. The topological polar surface area (TPSA) is 115 Å². The molecule has 0 spiro atoms. The summed E-state index contributed by atoms with van der Waals surface area (Å²) in [5.74, 6) is -0.201. The third kappa shape index (κ3) is 3.57. The molecule has 18 heavy (non-hydrogen) atoms. The van der Waals surface area contributed by atoms with Crippen LogP contribution >= 0.6 is 0 Å². The first-order valence-electron chi connectivity index (χ1n) is 5.50. The molecule has 0 saturated carbocycles. The highest BCUT2D eigenvalue weighted by Gasteiger charge is 2.16. The number of ether oxygens (including phenoxy) is 1. The third-order valence-corrected chi connectivity index (χ3v) is 2.39. The van der Waals surface area contributed by atoms with Crippen LogP contribution in [0.4, 0.5) is 11.5 Å². The number of hydrogen-bond acceptors (Lipinski definition) is 6. The largest absolute Gasteiger partial charge is 0.397 e. The van der Waals surface area contributed by atoms with Crippen LogP contribution < -0.4 is 16.4 Å². The number of nitrogen functional groups attached to an aromatic ring is 1. The van der Waals surface area contributed by atoms with E-state index in [1.807, 2.05) is 0 Å². The van der Waals surface area contributed by atoms with Crippen LogP contribution in [0, 0.1) is 0 Å². The van der Waals surface area contributed by atoms with Gasteiger partial charge in [-0.3, -0.25) is 4.79 Å². The summed E-state index contributed by atoms with van der Waals surface area (Å²) in [5, 5.41) is 9.03. The zero-order valence-corrected chi connectivity index (χ0v) is 10.3. The van der Waals surface area contributed by atoms with E-state index in [-0.39, 0.29) is 12.2 Å². The van der Waals surface area contributed by atoms with Gasteiger partial charge in [-0.15, -0.1) is 0 Å². The van der Waals surface area contributed by atoms with E-state index in [9.17, 15) is 4.79 Å². The maximum atomic E-state index is 11.4. The molecule has 1 amide bonds. The van der Waals surface area contributed by atoms with Crippen molar-refractivity contribution in [1.29, 1.82) is 0 Å². The number of aliphatic hydroxyl groups is 1. The van der Waals surface area contributed by atoms with Gasteiger partial charge in [-0.1, -0.05) is 0 Å². The van der Waals surface area contributed by atoms with Crippen molar-refractivity contribution in [3.63, 3.8) is 0 Å². The molecule has 1 rings (SSSR count). The van der Waals surface area contributed by atoms with Crippen LogP contribution in [0.1, 0.15) is 10.4 Å². The van der Waals surface area contributed by atoms with Gasteiger partial charge in [0, 0.05) is 20.2 Å². The summed E-state index contributed by atoms with van der Waals surface area (Å²) >= 11 is 0. The molecule has 1 aromatic rings. The number of aliphatic hydroxyl groups excluding tert-OH is 1. The number of rotatable bonds is 7. The number of aromatic nitrogens is 1. The van der Waals surface area contributed by atoms with Crippen LogP contribution in [0.5, 0.6) is 0 Å². The summed E-state index contributed by atoms with van der Waals surface area (Å²) in [7, 11) is 1.57. The molecule has 0 aliphatic heterocycles. The maximum Gasteiger partial charge on any atom is 0.252 e. The molecular weight excluding hydrogens is 236 g/mol. The van der Waals surface area contributed by atoms with E-state index in [0.29, 0.717) is 31.2 Å². The molecule has 7 nitrogen and oxygen atoms in total. The molecule has 0 atom stereocenters. The van der Waals surface area contributed by atoms with Crippen LogP contribution in [-0.4, -0.2) is 49.4 Å². The number of nitrogens with two attached hydrogens (primary N) is 2. The summed E-state index contributed by atoms with van der Waals surface area (Å²) in [6.07, 6.45) is 1.44. The second-order valence-corrected chi connectivity index (χ2v) is 3.71. The lowest BCUT2D eigenvalue weighted by molar-refractivity contribution is 0.1000. The Morgan fingerprint density at radius 1 is 1.56 bits per heavy atom. The van der Waals surface area contributed by atoms with Gasteiger partial charge in [0.15, 0.2) is 0 Å². The van der Waals surface area contributed by atoms with Gasteiger partial charge in [-0.25, -0.2) is 4.98 Å². The first kappa shape index (κ1) is 14.2. The number of carbonyl (C=O) groups excluding carboxylic acids is 1. The van der Waals surface area contributed by atoms with Gasteiger partial charge in [0.25, 0.3) is 5.91 Å². The van der Waals surface area contributed by atoms with Crippen molar-refractivity contribution in [2.24, 2.45) is 5.73 Å². The second-order valence-electron chi connectivity index (χ2n) is 3.71. The van der Waals surface area contributed by atoms with Crippen molar-refractivity contribution < 1.29 is 14.6 Å². The third-order valence-electron chi connectivity index (χ3n) is 2.39. The number of hydrogen-bond donors (Lipinski definition) is 3. The lowest BCUT2D eigenvalue weighted by Gasteiger charge is -2.24. The Balaban J connectivity index is 3.05. The van der Waals surface area contributed by atoms with Gasteiger partial charge in [0.05, 0.1) is 30.7 Å². The molecular formula is C11H18N4O3. The quantitative estimate of drug-likeness (QED) is 0.587. The van der Waals surface area contributed by atoms with Gasteiger partial charge in [-0.05, 0) is 6.07 Å². The molecule has 0 aliphatic rings. The van der Waals surface area contributed by atoms with E-state index in [0.717, 1.165) is 0 Å². The molecule has 0 fully saturated rings. The summed E-state index contributed by atoms with van der Waals surface area (Å²) in [6.45, 7) is 1.22. The molecule has 0 saturated heterocycles. The smallest absolute Gasteiger partial charge is 0.252 e. The Morgan fingerprint density at radius 3 is 2.83 bits per heavy atom. The van der Waals surface area contributed by atoms with Crippen molar-refractivity contribution >= 4 is 17.4 Å². The van der Waals surface area contributed by atoms with Gasteiger partial charge >= 0.3 is 0 Å². The fraction of sp³-hybridized carbons (Fsp3) is 0.455. The van der Waals surface area contributed by atoms with Crippen molar-refractivity contribution in [1.82, 2.24) is 4.98 Å². The first-order valence-corrected chi connectivity index (χ1v) is 5.50. The number of nitrogens with zero attached hydrogens (tertiary/aromatic N) is 2. The molecule has 1 aromatic heterocycles. The lowest BCUT2D eigenvalue weighted by Crippen LogP contribution is -2.33. The van der Waals surface area contributed by atoms with Crippen molar-refractivity contribution in [3.05, 3.63) is 17.8 Å². The highest BCUT2D eigenvalue weighted by molar-refractivity contribution is 5.98. The Bertz CT molecular complexity index is 411. The zero-order chi connectivity index (χ0) is 13.5. The van der Waals surface area contributed by atoms with Gasteiger partial charge < -0.3 is 26.2 Å². The molecule has 7 heteroatoms. The van der Waals surface area contributed by atoms with Gasteiger partial charge in [-0.2, -0.15) is 0 Å². The Morgan fingerprint density at radius 2 is 2.28 bits per heavy atom. The predicted molar refractivity (Wildman–Crippen MR) is 68.3 cm³/mol. The normalized spacial score (nSPS) is 10.3. The number of methoxy groups -OCH3 is 1. The predicted octanol–water partition coefficient (Wildman–Crippen LogP) is -0.792. The Hall–Kier alpha value is -1.86. The van der Waals surface area contributed by atoms with Crippen molar-refractivity contribution in [3.8, 4) is 0 Å². The number of primary amides is 1. The lowest BCUT2D eigenvalue weighted by atomic mass is 10.2. The molecule has 0 radical (unpaired) electrons. The molecule has 1 heterocycles. The minimum absolute atomic E-state index is 0.0615. The van der Waals surface area contributed by atoms with Crippen molar-refractivity contribution in [2.75, 3.05) is 44.0 Å². The Kier molecular flexibility index (Phi) is 5.34.